The molecule has 1 unspecified atom stereocenters. The molecule has 2 aromatic carbocycles. The van der Waals surface area contributed by atoms with E-state index in [9.17, 15) is 13.9 Å². The quantitative estimate of drug-likeness (QED) is 0.900. The third kappa shape index (κ3) is 2.94. The molecule has 100 valence electrons. The second kappa shape index (κ2) is 5.27. The van der Waals surface area contributed by atoms with Crippen molar-refractivity contribution in [2.45, 2.75) is 18.9 Å². The van der Waals surface area contributed by atoms with Crippen LogP contribution >= 0.6 is 11.6 Å². The Balaban J connectivity index is 2.38. The van der Waals surface area contributed by atoms with Gasteiger partial charge in [-0.3, -0.25) is 0 Å². The van der Waals surface area contributed by atoms with Crippen LogP contribution in [0.4, 0.5) is 8.78 Å². The smallest absolute Gasteiger partial charge is 0.164 e. The van der Waals surface area contributed by atoms with Gasteiger partial charge in [0.05, 0.1) is 5.60 Å². The van der Waals surface area contributed by atoms with Crippen molar-refractivity contribution in [2.75, 3.05) is 0 Å². The molecule has 0 saturated carbocycles. The van der Waals surface area contributed by atoms with Crippen molar-refractivity contribution in [1.82, 2.24) is 0 Å². The summed E-state index contributed by atoms with van der Waals surface area (Å²) in [4.78, 5) is 0. The lowest BCUT2D eigenvalue weighted by atomic mass is 9.88. The van der Waals surface area contributed by atoms with E-state index in [1.54, 1.807) is 24.3 Å². The Morgan fingerprint density at radius 1 is 1.11 bits per heavy atom. The van der Waals surface area contributed by atoms with E-state index in [2.05, 4.69) is 0 Å². The maximum absolute atomic E-state index is 13.7. The molecule has 0 saturated heterocycles. The third-order valence-corrected chi connectivity index (χ3v) is 3.39. The first-order chi connectivity index (χ1) is 8.92. The maximum atomic E-state index is 13.7. The molecule has 4 heteroatoms. The summed E-state index contributed by atoms with van der Waals surface area (Å²) in [6.45, 7) is 1.44. The summed E-state index contributed by atoms with van der Waals surface area (Å²) in [7, 11) is 0. The van der Waals surface area contributed by atoms with Crippen LogP contribution in [-0.4, -0.2) is 5.11 Å². The molecule has 0 amide bonds. The molecular weight excluding hydrogens is 270 g/mol. The minimum atomic E-state index is -1.53. The van der Waals surface area contributed by atoms with Crippen molar-refractivity contribution >= 4 is 11.6 Å². The van der Waals surface area contributed by atoms with Crippen molar-refractivity contribution < 1.29 is 13.9 Å². The summed E-state index contributed by atoms with van der Waals surface area (Å²) < 4.78 is 26.9. The number of halogens is 3. The van der Waals surface area contributed by atoms with Gasteiger partial charge in [0.25, 0.3) is 0 Å². The topological polar surface area (TPSA) is 20.2 Å². The predicted molar refractivity (Wildman–Crippen MR) is 71.1 cm³/mol. The van der Waals surface area contributed by atoms with E-state index in [4.69, 9.17) is 11.6 Å². The largest absolute Gasteiger partial charge is 0.385 e. The minimum Gasteiger partial charge on any atom is -0.385 e. The molecule has 0 aliphatic carbocycles. The highest BCUT2D eigenvalue weighted by atomic mass is 35.5. The molecule has 0 aromatic heterocycles. The first kappa shape index (κ1) is 14.0. The number of rotatable bonds is 3. The lowest BCUT2D eigenvalue weighted by Gasteiger charge is -2.25. The predicted octanol–water partition coefficient (Wildman–Crippen LogP) is 4.07. The van der Waals surface area contributed by atoms with E-state index in [0.717, 1.165) is 6.07 Å². The molecule has 1 N–H and O–H groups in total. The van der Waals surface area contributed by atoms with Gasteiger partial charge in [-0.05, 0) is 24.6 Å². The van der Waals surface area contributed by atoms with Gasteiger partial charge in [0, 0.05) is 17.0 Å². The number of aliphatic hydroxyl groups is 1. The Morgan fingerprint density at radius 2 is 1.79 bits per heavy atom. The van der Waals surface area contributed by atoms with Crippen LogP contribution in [-0.2, 0) is 12.0 Å². The zero-order chi connectivity index (χ0) is 14.0. The molecule has 0 aliphatic rings. The lowest BCUT2D eigenvalue weighted by molar-refractivity contribution is 0.0530. The molecule has 19 heavy (non-hydrogen) atoms. The molecule has 0 radical (unpaired) electrons. The van der Waals surface area contributed by atoms with Crippen molar-refractivity contribution in [3.8, 4) is 0 Å². The van der Waals surface area contributed by atoms with E-state index in [0.29, 0.717) is 10.6 Å². The van der Waals surface area contributed by atoms with Crippen LogP contribution in [0.25, 0.3) is 0 Å². The average molecular weight is 283 g/mol. The average Bonchev–Trinajstić information content (AvgIpc) is 2.35. The van der Waals surface area contributed by atoms with Gasteiger partial charge in [-0.1, -0.05) is 41.9 Å². The van der Waals surface area contributed by atoms with Crippen LogP contribution in [0.2, 0.25) is 5.02 Å². The van der Waals surface area contributed by atoms with Crippen molar-refractivity contribution in [2.24, 2.45) is 0 Å². The summed E-state index contributed by atoms with van der Waals surface area (Å²) in [5, 5.41) is 10.9. The van der Waals surface area contributed by atoms with E-state index >= 15 is 0 Å². The molecule has 2 rings (SSSR count). The molecule has 0 fully saturated rings. The van der Waals surface area contributed by atoms with Crippen LogP contribution < -0.4 is 0 Å². The zero-order valence-corrected chi connectivity index (χ0v) is 11.1. The Bertz CT molecular complexity index is 596. The van der Waals surface area contributed by atoms with Crippen LogP contribution in [0.5, 0.6) is 0 Å². The van der Waals surface area contributed by atoms with Gasteiger partial charge in [0.1, 0.15) is 0 Å². The Morgan fingerprint density at radius 3 is 2.47 bits per heavy atom. The standard InChI is InChI=1S/C15H13ClF2O/c1-15(19,9-10-5-2-3-7-12(10)16)11-6-4-8-13(17)14(11)18/h2-8,19H,9H2,1H3. The summed E-state index contributed by atoms with van der Waals surface area (Å²) in [5.74, 6) is -2.00. The Labute approximate surface area is 115 Å². The van der Waals surface area contributed by atoms with Crippen molar-refractivity contribution in [3.05, 3.63) is 70.2 Å². The van der Waals surface area contributed by atoms with Gasteiger partial charge >= 0.3 is 0 Å². The van der Waals surface area contributed by atoms with E-state index in [-0.39, 0.29) is 12.0 Å². The van der Waals surface area contributed by atoms with Crippen molar-refractivity contribution in [3.63, 3.8) is 0 Å². The second-order valence-electron chi connectivity index (χ2n) is 4.64. The lowest BCUT2D eigenvalue weighted by Crippen LogP contribution is -2.26. The molecule has 0 spiro atoms. The molecule has 1 atom stereocenters. The highest BCUT2D eigenvalue weighted by molar-refractivity contribution is 6.31. The van der Waals surface area contributed by atoms with Crippen LogP contribution in [0.15, 0.2) is 42.5 Å². The van der Waals surface area contributed by atoms with Gasteiger partial charge < -0.3 is 5.11 Å². The Kier molecular flexibility index (Phi) is 3.88. The highest BCUT2D eigenvalue weighted by Gasteiger charge is 2.28. The van der Waals surface area contributed by atoms with Gasteiger partial charge in [0.15, 0.2) is 11.6 Å². The fraction of sp³-hybridized carbons (Fsp3) is 0.200. The van der Waals surface area contributed by atoms with Crippen LogP contribution in [0, 0.1) is 11.6 Å². The Hall–Kier alpha value is -1.45. The first-order valence-electron chi connectivity index (χ1n) is 5.82. The molecule has 0 bridgehead atoms. The molecule has 0 aliphatic heterocycles. The number of hydrogen-bond donors (Lipinski definition) is 1. The van der Waals surface area contributed by atoms with Crippen LogP contribution in [0.1, 0.15) is 18.1 Å². The number of hydrogen-bond acceptors (Lipinski definition) is 1. The minimum absolute atomic E-state index is 0.0765. The normalized spacial score (nSPS) is 14.2. The van der Waals surface area contributed by atoms with Gasteiger partial charge in [-0.25, -0.2) is 8.78 Å². The molecule has 2 aromatic rings. The van der Waals surface area contributed by atoms with Gasteiger partial charge in [0.2, 0.25) is 0 Å². The van der Waals surface area contributed by atoms with Crippen LogP contribution in [0.3, 0.4) is 0 Å². The second-order valence-corrected chi connectivity index (χ2v) is 5.05. The monoisotopic (exact) mass is 282 g/mol. The van der Waals surface area contributed by atoms with Crippen molar-refractivity contribution in [1.29, 1.82) is 0 Å². The fourth-order valence-corrected chi connectivity index (χ4v) is 2.23. The first-order valence-corrected chi connectivity index (χ1v) is 6.20. The van der Waals surface area contributed by atoms with E-state index < -0.39 is 17.2 Å². The zero-order valence-electron chi connectivity index (χ0n) is 10.3. The molecule has 0 heterocycles. The summed E-state index contributed by atoms with van der Waals surface area (Å²) in [6.07, 6.45) is 0.104. The number of benzene rings is 2. The summed E-state index contributed by atoms with van der Waals surface area (Å²) >= 11 is 6.01. The molecule has 1 nitrogen and oxygen atoms in total. The van der Waals surface area contributed by atoms with E-state index in [1.165, 1.54) is 19.1 Å². The summed E-state index contributed by atoms with van der Waals surface area (Å²) in [5.41, 5.74) is -0.928. The fourth-order valence-electron chi connectivity index (χ4n) is 2.03. The SMILES string of the molecule is CC(O)(Cc1ccccc1Cl)c1cccc(F)c1F. The third-order valence-electron chi connectivity index (χ3n) is 3.02. The summed E-state index contributed by atoms with van der Waals surface area (Å²) in [6, 6.07) is 10.7. The highest BCUT2D eigenvalue weighted by Crippen LogP contribution is 2.30. The van der Waals surface area contributed by atoms with Gasteiger partial charge in [-0.15, -0.1) is 0 Å². The van der Waals surface area contributed by atoms with E-state index in [1.807, 2.05) is 0 Å². The molecular formula is C15H13ClF2O. The van der Waals surface area contributed by atoms with Gasteiger partial charge in [-0.2, -0.15) is 0 Å². The maximum Gasteiger partial charge on any atom is 0.164 e.